The van der Waals surface area contributed by atoms with Gasteiger partial charge in [0.1, 0.15) is 11.6 Å². The van der Waals surface area contributed by atoms with Gasteiger partial charge in [-0.25, -0.2) is 4.39 Å². The maximum atomic E-state index is 13.9. The molecule has 2 amide bonds. The van der Waals surface area contributed by atoms with Crippen molar-refractivity contribution in [3.8, 4) is 11.3 Å². The number of hydrogen-bond acceptors (Lipinski definition) is 3. The number of hydrogen-bond donors (Lipinski definition) is 2. The molecule has 1 aromatic heterocycles. The van der Waals surface area contributed by atoms with Crippen LogP contribution < -0.4 is 10.6 Å². The normalized spacial score (nSPS) is 11.7. The molecular weight excluding hydrogens is 359 g/mol. The molecule has 0 saturated carbocycles. The zero-order valence-electron chi connectivity index (χ0n) is 15.7. The van der Waals surface area contributed by atoms with Crippen LogP contribution in [0.1, 0.15) is 41.2 Å². The smallest absolute Gasteiger partial charge is 0.291 e. The largest absolute Gasteiger partial charge is 0.451 e. The van der Waals surface area contributed by atoms with E-state index in [1.165, 1.54) is 18.2 Å². The fraction of sp³-hybridized carbons (Fsp3) is 0.182. The van der Waals surface area contributed by atoms with E-state index in [2.05, 4.69) is 10.6 Å². The third-order valence-electron chi connectivity index (χ3n) is 4.38. The summed E-state index contributed by atoms with van der Waals surface area (Å²) < 4.78 is 19.4. The summed E-state index contributed by atoms with van der Waals surface area (Å²) in [7, 11) is 0. The van der Waals surface area contributed by atoms with E-state index < -0.39 is 11.7 Å². The van der Waals surface area contributed by atoms with Crippen molar-refractivity contribution in [2.24, 2.45) is 0 Å². The molecule has 144 valence electrons. The zero-order chi connectivity index (χ0) is 20.1. The summed E-state index contributed by atoms with van der Waals surface area (Å²) in [6.45, 7) is 3.88. The van der Waals surface area contributed by atoms with Crippen LogP contribution in [0, 0.1) is 5.82 Å². The third kappa shape index (κ3) is 4.28. The molecule has 0 spiro atoms. The Morgan fingerprint density at radius 3 is 2.46 bits per heavy atom. The third-order valence-corrected chi connectivity index (χ3v) is 4.38. The van der Waals surface area contributed by atoms with Crippen molar-refractivity contribution in [1.82, 2.24) is 5.32 Å². The predicted molar refractivity (Wildman–Crippen MR) is 106 cm³/mol. The molecule has 2 aromatic carbocycles. The number of rotatable bonds is 6. The fourth-order valence-electron chi connectivity index (χ4n) is 2.64. The molecule has 2 N–H and O–H groups in total. The Morgan fingerprint density at radius 1 is 1.00 bits per heavy atom. The van der Waals surface area contributed by atoms with Crippen LogP contribution in [0.5, 0.6) is 0 Å². The molecule has 0 radical (unpaired) electrons. The first-order chi connectivity index (χ1) is 13.5. The highest BCUT2D eigenvalue weighted by Crippen LogP contribution is 2.25. The second-order valence-corrected chi connectivity index (χ2v) is 6.43. The second-order valence-electron chi connectivity index (χ2n) is 6.43. The van der Waals surface area contributed by atoms with Crippen LogP contribution in [0.15, 0.2) is 65.1 Å². The molecule has 0 aliphatic carbocycles. The average Bonchev–Trinajstić information content (AvgIpc) is 3.18. The van der Waals surface area contributed by atoms with E-state index in [1.807, 2.05) is 13.8 Å². The minimum absolute atomic E-state index is 0.0182. The van der Waals surface area contributed by atoms with Gasteiger partial charge in [0.15, 0.2) is 5.76 Å². The summed E-state index contributed by atoms with van der Waals surface area (Å²) >= 11 is 0. The lowest BCUT2D eigenvalue weighted by atomic mass is 10.1. The maximum absolute atomic E-state index is 13.9. The Hall–Kier alpha value is -3.41. The zero-order valence-corrected chi connectivity index (χ0v) is 15.7. The van der Waals surface area contributed by atoms with Crippen molar-refractivity contribution >= 4 is 17.5 Å². The Morgan fingerprint density at radius 2 is 1.71 bits per heavy atom. The van der Waals surface area contributed by atoms with Crippen molar-refractivity contribution < 1.29 is 18.4 Å². The minimum atomic E-state index is -0.522. The Bertz CT molecular complexity index is 997. The second kappa shape index (κ2) is 8.52. The fourth-order valence-corrected chi connectivity index (χ4v) is 2.64. The van der Waals surface area contributed by atoms with Crippen LogP contribution in [-0.2, 0) is 0 Å². The molecular formula is C22H21FN2O3. The number of halogens is 1. The van der Waals surface area contributed by atoms with E-state index >= 15 is 0 Å². The molecule has 0 fully saturated rings. The molecule has 0 aliphatic rings. The number of carbonyl (C=O) groups is 2. The lowest BCUT2D eigenvalue weighted by Crippen LogP contribution is -2.32. The van der Waals surface area contributed by atoms with Gasteiger partial charge >= 0.3 is 0 Å². The summed E-state index contributed by atoms with van der Waals surface area (Å²) in [4.78, 5) is 25.0. The molecule has 3 aromatic rings. The van der Waals surface area contributed by atoms with E-state index in [4.69, 9.17) is 4.42 Å². The molecule has 1 heterocycles. The number of benzene rings is 2. The quantitative estimate of drug-likeness (QED) is 0.641. The van der Waals surface area contributed by atoms with Crippen LogP contribution in [0.4, 0.5) is 10.1 Å². The monoisotopic (exact) mass is 380 g/mol. The Balaban J connectivity index is 1.79. The lowest BCUT2D eigenvalue weighted by molar-refractivity contribution is 0.0940. The molecule has 28 heavy (non-hydrogen) atoms. The van der Waals surface area contributed by atoms with Crippen LogP contribution in [0.25, 0.3) is 11.3 Å². The van der Waals surface area contributed by atoms with Gasteiger partial charge in [0.05, 0.1) is 16.8 Å². The maximum Gasteiger partial charge on any atom is 0.291 e. The van der Waals surface area contributed by atoms with Gasteiger partial charge < -0.3 is 15.1 Å². The molecule has 1 atom stereocenters. The van der Waals surface area contributed by atoms with Crippen molar-refractivity contribution in [1.29, 1.82) is 0 Å². The molecule has 0 aliphatic heterocycles. The van der Waals surface area contributed by atoms with E-state index in [1.54, 1.807) is 42.5 Å². The van der Waals surface area contributed by atoms with Crippen LogP contribution >= 0.6 is 0 Å². The number of para-hydroxylation sites is 1. The average molecular weight is 380 g/mol. The van der Waals surface area contributed by atoms with Gasteiger partial charge in [-0.15, -0.1) is 0 Å². The first kappa shape index (κ1) is 19.4. The number of nitrogens with one attached hydrogen (secondary N) is 2. The van der Waals surface area contributed by atoms with Crippen molar-refractivity contribution in [3.63, 3.8) is 0 Å². The van der Waals surface area contributed by atoms with Crippen LogP contribution in [0.2, 0.25) is 0 Å². The molecule has 0 saturated heterocycles. The van der Waals surface area contributed by atoms with Gasteiger partial charge in [-0.1, -0.05) is 31.2 Å². The van der Waals surface area contributed by atoms with Crippen molar-refractivity contribution in [2.45, 2.75) is 26.3 Å². The number of anilines is 1. The summed E-state index contributed by atoms with van der Waals surface area (Å²) in [5.74, 6) is -0.944. The highest BCUT2D eigenvalue weighted by molar-refractivity contribution is 6.08. The molecule has 0 bridgehead atoms. The van der Waals surface area contributed by atoms with Crippen LogP contribution in [-0.4, -0.2) is 17.9 Å². The molecule has 3 rings (SSSR count). The summed E-state index contributed by atoms with van der Waals surface area (Å²) in [5, 5.41) is 5.57. The van der Waals surface area contributed by atoms with Gasteiger partial charge in [-0.05, 0) is 49.7 Å². The molecule has 6 heteroatoms. The van der Waals surface area contributed by atoms with E-state index in [9.17, 15) is 14.0 Å². The van der Waals surface area contributed by atoms with Crippen molar-refractivity contribution in [3.05, 3.63) is 77.8 Å². The standard InChI is InChI=1S/C22H21FN2O3/c1-3-14(2)24-21(26)16-9-5-7-11-18(16)25-22(27)20-13-12-19(28-20)15-8-4-6-10-17(15)23/h4-14H,3H2,1-2H3,(H,24,26)(H,25,27). The number of amides is 2. The van der Waals surface area contributed by atoms with E-state index in [0.29, 0.717) is 11.3 Å². The van der Waals surface area contributed by atoms with Gasteiger partial charge in [0.2, 0.25) is 0 Å². The van der Waals surface area contributed by atoms with Crippen LogP contribution in [0.3, 0.4) is 0 Å². The van der Waals surface area contributed by atoms with Gasteiger partial charge in [0.25, 0.3) is 11.8 Å². The summed E-state index contributed by atoms with van der Waals surface area (Å²) in [6, 6.07) is 15.9. The van der Waals surface area contributed by atoms with E-state index in [0.717, 1.165) is 6.42 Å². The van der Waals surface area contributed by atoms with Crippen molar-refractivity contribution in [2.75, 3.05) is 5.32 Å². The lowest BCUT2D eigenvalue weighted by Gasteiger charge is -2.14. The van der Waals surface area contributed by atoms with Gasteiger partial charge in [0, 0.05) is 6.04 Å². The summed E-state index contributed by atoms with van der Waals surface area (Å²) in [6.07, 6.45) is 0.797. The predicted octanol–water partition coefficient (Wildman–Crippen LogP) is 4.87. The SMILES string of the molecule is CCC(C)NC(=O)c1ccccc1NC(=O)c1ccc(-c2ccccc2F)o1. The first-order valence-electron chi connectivity index (χ1n) is 9.05. The Labute approximate surface area is 162 Å². The molecule has 1 unspecified atom stereocenters. The number of carbonyl (C=O) groups excluding carboxylic acids is 2. The highest BCUT2D eigenvalue weighted by atomic mass is 19.1. The summed E-state index contributed by atoms with van der Waals surface area (Å²) in [5.41, 5.74) is 1.00. The van der Waals surface area contributed by atoms with E-state index in [-0.39, 0.29) is 29.0 Å². The first-order valence-corrected chi connectivity index (χ1v) is 9.05. The topological polar surface area (TPSA) is 71.3 Å². The minimum Gasteiger partial charge on any atom is -0.451 e. The number of furan rings is 1. The Kier molecular flexibility index (Phi) is 5.89. The molecule has 5 nitrogen and oxygen atoms in total. The van der Waals surface area contributed by atoms with Gasteiger partial charge in [-0.2, -0.15) is 0 Å². The van der Waals surface area contributed by atoms with Gasteiger partial charge in [-0.3, -0.25) is 9.59 Å². The highest BCUT2D eigenvalue weighted by Gasteiger charge is 2.18.